The summed E-state index contributed by atoms with van der Waals surface area (Å²) in [7, 11) is -3.47. The summed E-state index contributed by atoms with van der Waals surface area (Å²) in [4.78, 5) is 0.328. The average Bonchev–Trinajstić information content (AvgIpc) is 2.66. The van der Waals surface area contributed by atoms with E-state index in [1.54, 1.807) is 25.1 Å². The van der Waals surface area contributed by atoms with E-state index >= 15 is 0 Å². The fourth-order valence-corrected chi connectivity index (χ4v) is 3.49. The molecule has 2 rings (SSSR count). The summed E-state index contributed by atoms with van der Waals surface area (Å²) in [5.74, 6) is 0. The maximum atomic E-state index is 12.3. The normalized spacial score (nSPS) is 11.8. The van der Waals surface area contributed by atoms with E-state index in [1.807, 2.05) is 31.5 Å². The van der Waals surface area contributed by atoms with Crippen LogP contribution in [0.3, 0.4) is 0 Å². The molecule has 0 saturated carbocycles. The van der Waals surface area contributed by atoms with Crippen LogP contribution in [-0.2, 0) is 16.6 Å². The summed E-state index contributed by atoms with van der Waals surface area (Å²) in [5, 5.41) is 4.40. The molecule has 114 valence electrons. The number of nitrogens with zero attached hydrogens (tertiary/aromatic N) is 2. The van der Waals surface area contributed by atoms with Crippen LogP contribution in [0.5, 0.6) is 0 Å². The van der Waals surface area contributed by atoms with Crippen molar-refractivity contribution in [1.29, 1.82) is 0 Å². The van der Waals surface area contributed by atoms with Crippen molar-refractivity contribution in [3.63, 3.8) is 0 Å². The second kappa shape index (κ2) is 5.99. The van der Waals surface area contributed by atoms with Gasteiger partial charge >= 0.3 is 0 Å². The van der Waals surface area contributed by atoms with Gasteiger partial charge in [-0.2, -0.15) is 5.10 Å². The molecule has 6 heteroatoms. The molecule has 0 atom stereocenters. The van der Waals surface area contributed by atoms with E-state index in [1.165, 1.54) is 0 Å². The molecule has 1 N–H and O–H groups in total. The van der Waals surface area contributed by atoms with Gasteiger partial charge < -0.3 is 0 Å². The highest BCUT2D eigenvalue weighted by atomic mass is 32.2. The molecule has 1 aromatic carbocycles. The molecule has 0 aliphatic rings. The highest BCUT2D eigenvalue weighted by Crippen LogP contribution is 2.14. The molecule has 0 fully saturated rings. The first-order valence-corrected chi connectivity index (χ1v) is 8.37. The summed E-state index contributed by atoms with van der Waals surface area (Å²) in [6.45, 7) is 8.59. The smallest absolute Gasteiger partial charge is 0.240 e. The zero-order valence-electron chi connectivity index (χ0n) is 12.8. The Labute approximate surface area is 126 Å². The maximum absolute atomic E-state index is 12.3. The molecule has 0 radical (unpaired) electrons. The van der Waals surface area contributed by atoms with Gasteiger partial charge in [0.2, 0.25) is 10.0 Å². The van der Waals surface area contributed by atoms with Crippen LogP contribution in [0.15, 0.2) is 29.2 Å². The van der Waals surface area contributed by atoms with Gasteiger partial charge in [-0.25, -0.2) is 13.1 Å². The van der Waals surface area contributed by atoms with Gasteiger partial charge in [-0.15, -0.1) is 0 Å². The van der Waals surface area contributed by atoms with Gasteiger partial charge in [-0.3, -0.25) is 4.68 Å². The van der Waals surface area contributed by atoms with Gasteiger partial charge in [0.25, 0.3) is 0 Å². The number of benzene rings is 1. The van der Waals surface area contributed by atoms with Gasteiger partial charge in [0.15, 0.2) is 0 Å². The van der Waals surface area contributed by atoms with Crippen molar-refractivity contribution >= 4 is 10.0 Å². The van der Waals surface area contributed by atoms with E-state index < -0.39 is 10.0 Å². The first kappa shape index (κ1) is 15.7. The van der Waals surface area contributed by atoms with Crippen molar-refractivity contribution in [1.82, 2.24) is 14.5 Å². The van der Waals surface area contributed by atoms with E-state index in [-0.39, 0.29) is 0 Å². The van der Waals surface area contributed by atoms with E-state index in [2.05, 4.69) is 9.82 Å². The third-order valence-corrected chi connectivity index (χ3v) is 5.36. The molecule has 0 unspecified atom stereocenters. The van der Waals surface area contributed by atoms with Crippen LogP contribution in [0.4, 0.5) is 0 Å². The lowest BCUT2D eigenvalue weighted by molar-refractivity contribution is 0.554. The zero-order valence-corrected chi connectivity index (χ0v) is 13.7. The van der Waals surface area contributed by atoms with Crippen LogP contribution in [0, 0.1) is 27.7 Å². The molecule has 1 aromatic heterocycles. The van der Waals surface area contributed by atoms with Gasteiger partial charge in [0.1, 0.15) is 0 Å². The monoisotopic (exact) mass is 307 g/mol. The zero-order chi connectivity index (χ0) is 15.6. The third kappa shape index (κ3) is 3.33. The Hall–Kier alpha value is -1.66. The van der Waals surface area contributed by atoms with Crippen molar-refractivity contribution in [3.8, 4) is 0 Å². The Morgan fingerprint density at radius 2 is 1.81 bits per heavy atom. The highest BCUT2D eigenvalue weighted by molar-refractivity contribution is 7.89. The molecule has 0 amide bonds. The predicted molar refractivity (Wildman–Crippen MR) is 82.8 cm³/mol. The molecule has 5 nitrogen and oxygen atoms in total. The SMILES string of the molecule is Cc1ccccc1S(=O)(=O)NCCn1nc(C)c(C)c1C. The molecular weight excluding hydrogens is 286 g/mol. The number of nitrogens with one attached hydrogen (secondary N) is 1. The molecule has 0 bridgehead atoms. The molecule has 0 aliphatic heterocycles. The van der Waals surface area contributed by atoms with Crippen LogP contribution < -0.4 is 4.72 Å². The topological polar surface area (TPSA) is 64.0 Å². The number of aryl methyl sites for hydroxylation is 2. The second-order valence-electron chi connectivity index (χ2n) is 5.18. The number of hydrogen-bond acceptors (Lipinski definition) is 3. The molecule has 0 spiro atoms. The van der Waals surface area contributed by atoms with Gasteiger partial charge in [-0.1, -0.05) is 18.2 Å². The number of sulfonamides is 1. The lowest BCUT2D eigenvalue weighted by Crippen LogP contribution is -2.28. The molecular formula is C15H21N3O2S. The summed E-state index contributed by atoms with van der Waals surface area (Å²) in [6.07, 6.45) is 0. The Bertz CT molecular complexity index is 748. The fourth-order valence-electron chi connectivity index (χ4n) is 2.23. The van der Waals surface area contributed by atoms with E-state index in [0.717, 1.165) is 22.5 Å². The van der Waals surface area contributed by atoms with Crippen LogP contribution in [0.25, 0.3) is 0 Å². The first-order chi connectivity index (χ1) is 9.83. The quantitative estimate of drug-likeness (QED) is 0.920. The van der Waals surface area contributed by atoms with Crippen LogP contribution in [-0.4, -0.2) is 24.7 Å². The van der Waals surface area contributed by atoms with Crippen molar-refractivity contribution in [3.05, 3.63) is 46.8 Å². The lowest BCUT2D eigenvalue weighted by atomic mass is 10.2. The standard InChI is InChI=1S/C15H21N3O2S/c1-11-7-5-6-8-15(11)21(19,20)16-9-10-18-14(4)12(2)13(3)17-18/h5-8,16H,9-10H2,1-4H3. The Balaban J connectivity index is 2.06. The lowest BCUT2D eigenvalue weighted by Gasteiger charge is -2.10. The predicted octanol–water partition coefficient (Wildman–Crippen LogP) is 2.10. The van der Waals surface area contributed by atoms with Crippen molar-refractivity contribution in [2.24, 2.45) is 0 Å². The van der Waals surface area contributed by atoms with Crippen molar-refractivity contribution in [2.45, 2.75) is 39.1 Å². The molecule has 21 heavy (non-hydrogen) atoms. The molecule has 1 heterocycles. The van der Waals surface area contributed by atoms with Gasteiger partial charge in [0, 0.05) is 12.2 Å². The second-order valence-corrected chi connectivity index (χ2v) is 6.92. The van der Waals surface area contributed by atoms with Crippen LogP contribution in [0.2, 0.25) is 0 Å². The summed E-state index contributed by atoms with van der Waals surface area (Å²) < 4.78 is 29.0. The number of hydrogen-bond donors (Lipinski definition) is 1. The maximum Gasteiger partial charge on any atom is 0.240 e. The minimum atomic E-state index is -3.47. The molecule has 2 aromatic rings. The first-order valence-electron chi connectivity index (χ1n) is 6.89. The number of aromatic nitrogens is 2. The molecule has 0 saturated heterocycles. The van der Waals surface area contributed by atoms with E-state index in [4.69, 9.17) is 0 Å². The van der Waals surface area contributed by atoms with Crippen molar-refractivity contribution < 1.29 is 8.42 Å². The van der Waals surface area contributed by atoms with Crippen LogP contribution >= 0.6 is 0 Å². The van der Waals surface area contributed by atoms with Gasteiger partial charge in [0.05, 0.1) is 17.1 Å². The Kier molecular flexibility index (Phi) is 4.49. The Morgan fingerprint density at radius 3 is 2.38 bits per heavy atom. The summed E-state index contributed by atoms with van der Waals surface area (Å²) in [6, 6.07) is 6.96. The fraction of sp³-hybridized carbons (Fsp3) is 0.400. The van der Waals surface area contributed by atoms with Crippen molar-refractivity contribution in [2.75, 3.05) is 6.54 Å². The minimum absolute atomic E-state index is 0.318. The number of rotatable bonds is 5. The average molecular weight is 307 g/mol. The highest BCUT2D eigenvalue weighted by Gasteiger charge is 2.16. The van der Waals surface area contributed by atoms with E-state index in [9.17, 15) is 8.42 Å². The Morgan fingerprint density at radius 1 is 1.14 bits per heavy atom. The molecule has 0 aliphatic carbocycles. The van der Waals surface area contributed by atoms with Gasteiger partial charge in [-0.05, 0) is 44.9 Å². The minimum Gasteiger partial charge on any atom is -0.268 e. The van der Waals surface area contributed by atoms with Crippen LogP contribution in [0.1, 0.15) is 22.5 Å². The van der Waals surface area contributed by atoms with E-state index in [0.29, 0.717) is 18.0 Å². The largest absolute Gasteiger partial charge is 0.268 e. The third-order valence-electron chi connectivity index (χ3n) is 3.74. The summed E-state index contributed by atoms with van der Waals surface area (Å²) >= 11 is 0. The summed E-state index contributed by atoms with van der Waals surface area (Å²) in [5.41, 5.74) is 3.94.